The molecule has 1 aliphatic heterocycles. The third-order valence-corrected chi connectivity index (χ3v) is 3.20. The van der Waals surface area contributed by atoms with Crippen LogP contribution in [0.5, 0.6) is 5.88 Å². The van der Waals surface area contributed by atoms with Gasteiger partial charge in [-0.15, -0.1) is 0 Å². The molecule has 1 amide bonds. The van der Waals surface area contributed by atoms with Crippen LogP contribution < -0.4 is 9.64 Å². The van der Waals surface area contributed by atoms with Crippen molar-refractivity contribution in [3.05, 3.63) is 12.4 Å². The van der Waals surface area contributed by atoms with Crippen LogP contribution in [0.2, 0.25) is 0 Å². The van der Waals surface area contributed by atoms with Gasteiger partial charge in [0, 0.05) is 26.2 Å². The normalized spacial score (nSPS) is 15.2. The zero-order valence-electron chi connectivity index (χ0n) is 12.8. The van der Waals surface area contributed by atoms with Crippen LogP contribution in [-0.2, 0) is 4.74 Å². The highest BCUT2D eigenvalue weighted by Crippen LogP contribution is 2.16. The number of amides is 1. The molecule has 0 atom stereocenters. The van der Waals surface area contributed by atoms with Crippen molar-refractivity contribution < 1.29 is 14.3 Å². The van der Waals surface area contributed by atoms with Gasteiger partial charge in [0.25, 0.3) is 0 Å². The van der Waals surface area contributed by atoms with Crippen molar-refractivity contribution in [1.82, 2.24) is 14.9 Å². The van der Waals surface area contributed by atoms with Gasteiger partial charge in [-0.05, 0) is 5.92 Å². The van der Waals surface area contributed by atoms with Gasteiger partial charge in [0.15, 0.2) is 5.82 Å². The number of hydrogen-bond donors (Lipinski definition) is 0. The lowest BCUT2D eigenvalue weighted by Crippen LogP contribution is -2.49. The molecule has 2 rings (SSSR count). The molecule has 0 unspecified atom stereocenters. The summed E-state index contributed by atoms with van der Waals surface area (Å²) in [5.74, 6) is 1.76. The number of nitrogens with zero attached hydrogens (tertiary/aromatic N) is 4. The highest BCUT2D eigenvalue weighted by molar-refractivity contribution is 5.67. The predicted octanol–water partition coefficient (Wildman–Crippen LogP) is 1.40. The third kappa shape index (κ3) is 4.21. The van der Waals surface area contributed by atoms with E-state index in [-0.39, 0.29) is 6.09 Å². The molecule has 0 N–H and O–H groups in total. The second-order valence-corrected chi connectivity index (χ2v) is 5.36. The highest BCUT2D eigenvalue weighted by Gasteiger charge is 2.22. The Labute approximate surface area is 124 Å². The number of hydrogen-bond acceptors (Lipinski definition) is 6. The van der Waals surface area contributed by atoms with Crippen LogP contribution in [0.4, 0.5) is 10.6 Å². The lowest BCUT2D eigenvalue weighted by atomic mass is 10.2. The Hall–Kier alpha value is -2.05. The molecule has 116 valence electrons. The summed E-state index contributed by atoms with van der Waals surface area (Å²) in [5.41, 5.74) is 0. The SMILES string of the molecule is COC(=O)N1CCN(c2cncc(OCC(C)C)n2)CC1. The van der Waals surface area contributed by atoms with Crippen molar-refractivity contribution in [2.45, 2.75) is 13.8 Å². The fourth-order valence-electron chi connectivity index (χ4n) is 2.06. The number of ether oxygens (including phenoxy) is 2. The first-order chi connectivity index (χ1) is 10.1. The average Bonchev–Trinajstić information content (AvgIpc) is 2.52. The molecule has 7 heteroatoms. The molecule has 7 nitrogen and oxygen atoms in total. The fourth-order valence-corrected chi connectivity index (χ4v) is 2.06. The number of anilines is 1. The molecule has 21 heavy (non-hydrogen) atoms. The second kappa shape index (κ2) is 7.10. The Kier molecular flexibility index (Phi) is 5.19. The standard InChI is InChI=1S/C14H22N4O3/c1-11(2)10-21-13-9-15-8-12(16-13)17-4-6-18(7-5-17)14(19)20-3/h8-9,11H,4-7,10H2,1-3H3. The Morgan fingerprint density at radius 1 is 1.29 bits per heavy atom. The minimum atomic E-state index is -0.283. The maximum absolute atomic E-state index is 11.5. The van der Waals surface area contributed by atoms with Crippen molar-refractivity contribution in [3.63, 3.8) is 0 Å². The van der Waals surface area contributed by atoms with E-state index in [1.807, 2.05) is 0 Å². The topological polar surface area (TPSA) is 67.8 Å². The van der Waals surface area contributed by atoms with E-state index in [2.05, 4.69) is 28.7 Å². The molecular weight excluding hydrogens is 272 g/mol. The minimum absolute atomic E-state index is 0.283. The van der Waals surface area contributed by atoms with Crippen LogP contribution in [0.1, 0.15) is 13.8 Å². The van der Waals surface area contributed by atoms with E-state index in [1.54, 1.807) is 17.3 Å². The van der Waals surface area contributed by atoms with Gasteiger partial charge in [-0.2, -0.15) is 4.98 Å². The molecule has 0 aromatic carbocycles. The molecule has 1 aliphatic rings. The van der Waals surface area contributed by atoms with Gasteiger partial charge < -0.3 is 19.3 Å². The number of rotatable bonds is 4. The lowest BCUT2D eigenvalue weighted by molar-refractivity contribution is 0.121. The number of methoxy groups -OCH3 is 1. The molecule has 0 spiro atoms. The van der Waals surface area contributed by atoms with Crippen LogP contribution in [0.3, 0.4) is 0 Å². The molecule has 1 fully saturated rings. The van der Waals surface area contributed by atoms with Gasteiger partial charge in [0.05, 0.1) is 26.1 Å². The van der Waals surface area contributed by atoms with Gasteiger partial charge in [-0.1, -0.05) is 13.8 Å². The predicted molar refractivity (Wildman–Crippen MR) is 78.6 cm³/mol. The summed E-state index contributed by atoms with van der Waals surface area (Å²) in [4.78, 5) is 23.9. The maximum atomic E-state index is 11.5. The first-order valence-electron chi connectivity index (χ1n) is 7.13. The monoisotopic (exact) mass is 294 g/mol. The Bertz CT molecular complexity index is 473. The quantitative estimate of drug-likeness (QED) is 0.836. The van der Waals surface area contributed by atoms with E-state index in [0.717, 1.165) is 5.82 Å². The van der Waals surface area contributed by atoms with Crippen LogP contribution in [0.15, 0.2) is 12.4 Å². The molecule has 0 saturated carbocycles. The van der Waals surface area contributed by atoms with E-state index in [4.69, 9.17) is 9.47 Å². The van der Waals surface area contributed by atoms with E-state index < -0.39 is 0 Å². The largest absolute Gasteiger partial charge is 0.476 e. The molecule has 0 aliphatic carbocycles. The van der Waals surface area contributed by atoms with E-state index in [1.165, 1.54) is 7.11 Å². The van der Waals surface area contributed by atoms with Gasteiger partial charge in [0.1, 0.15) is 0 Å². The highest BCUT2D eigenvalue weighted by atomic mass is 16.5. The third-order valence-electron chi connectivity index (χ3n) is 3.20. The fraction of sp³-hybridized carbons (Fsp3) is 0.643. The Morgan fingerprint density at radius 2 is 2.00 bits per heavy atom. The summed E-state index contributed by atoms with van der Waals surface area (Å²) < 4.78 is 10.3. The summed E-state index contributed by atoms with van der Waals surface area (Å²) in [5, 5.41) is 0. The summed E-state index contributed by atoms with van der Waals surface area (Å²) >= 11 is 0. The number of piperazine rings is 1. The maximum Gasteiger partial charge on any atom is 0.409 e. The number of carbonyl (C=O) groups is 1. The Morgan fingerprint density at radius 3 is 2.62 bits per heavy atom. The van der Waals surface area contributed by atoms with Crippen LogP contribution in [-0.4, -0.2) is 60.9 Å². The van der Waals surface area contributed by atoms with E-state index in [9.17, 15) is 4.79 Å². The molecule has 1 aromatic rings. The van der Waals surface area contributed by atoms with Crippen LogP contribution >= 0.6 is 0 Å². The molecule has 1 saturated heterocycles. The smallest absolute Gasteiger partial charge is 0.409 e. The van der Waals surface area contributed by atoms with Crippen molar-refractivity contribution in [2.24, 2.45) is 5.92 Å². The first kappa shape index (κ1) is 15.3. The average molecular weight is 294 g/mol. The molecule has 0 radical (unpaired) electrons. The van der Waals surface area contributed by atoms with Gasteiger partial charge in [-0.25, -0.2) is 4.79 Å². The molecule has 0 bridgehead atoms. The van der Waals surface area contributed by atoms with Crippen molar-refractivity contribution >= 4 is 11.9 Å². The van der Waals surface area contributed by atoms with Gasteiger partial charge in [-0.3, -0.25) is 4.98 Å². The van der Waals surface area contributed by atoms with Crippen LogP contribution in [0, 0.1) is 5.92 Å². The van der Waals surface area contributed by atoms with Crippen molar-refractivity contribution in [3.8, 4) is 5.88 Å². The van der Waals surface area contributed by atoms with Crippen LogP contribution in [0.25, 0.3) is 0 Å². The van der Waals surface area contributed by atoms with Crippen molar-refractivity contribution in [1.29, 1.82) is 0 Å². The molecular formula is C14H22N4O3. The summed E-state index contributed by atoms with van der Waals surface area (Å²) in [6, 6.07) is 0. The minimum Gasteiger partial charge on any atom is -0.476 e. The summed E-state index contributed by atoms with van der Waals surface area (Å²) in [6.07, 6.45) is 3.06. The zero-order chi connectivity index (χ0) is 15.2. The van der Waals surface area contributed by atoms with E-state index in [0.29, 0.717) is 44.6 Å². The first-order valence-corrected chi connectivity index (χ1v) is 7.13. The summed E-state index contributed by atoms with van der Waals surface area (Å²) in [7, 11) is 1.40. The lowest BCUT2D eigenvalue weighted by Gasteiger charge is -2.34. The summed E-state index contributed by atoms with van der Waals surface area (Å²) in [6.45, 7) is 7.44. The second-order valence-electron chi connectivity index (χ2n) is 5.36. The van der Waals surface area contributed by atoms with Crippen molar-refractivity contribution in [2.75, 3.05) is 44.8 Å². The number of carbonyl (C=O) groups excluding carboxylic acids is 1. The number of aromatic nitrogens is 2. The van der Waals surface area contributed by atoms with Gasteiger partial charge >= 0.3 is 6.09 Å². The molecule has 2 heterocycles. The Balaban J connectivity index is 1.94. The van der Waals surface area contributed by atoms with Gasteiger partial charge in [0.2, 0.25) is 5.88 Å². The zero-order valence-corrected chi connectivity index (χ0v) is 12.8. The van der Waals surface area contributed by atoms with E-state index >= 15 is 0 Å². The molecule has 1 aromatic heterocycles.